The summed E-state index contributed by atoms with van der Waals surface area (Å²) >= 11 is 1.27. The molecule has 2 aromatic rings. The van der Waals surface area contributed by atoms with Crippen LogP contribution in [0.4, 0.5) is 0 Å². The second-order valence-electron chi connectivity index (χ2n) is 6.89. The number of hydrogen-bond acceptors (Lipinski definition) is 7. The summed E-state index contributed by atoms with van der Waals surface area (Å²) in [7, 11) is 1.59. The molecule has 3 rings (SSSR count). The molecule has 7 nitrogen and oxygen atoms in total. The van der Waals surface area contributed by atoms with Gasteiger partial charge in [0.1, 0.15) is 0 Å². The van der Waals surface area contributed by atoms with Gasteiger partial charge in [-0.3, -0.25) is 9.59 Å². The third-order valence-electron chi connectivity index (χ3n) is 4.92. The molecule has 1 atom stereocenters. The summed E-state index contributed by atoms with van der Waals surface area (Å²) in [6.07, 6.45) is 0.571. The zero-order chi connectivity index (χ0) is 22.4. The zero-order valence-electron chi connectivity index (χ0n) is 17.9. The Bertz CT molecular complexity index is 953. The van der Waals surface area contributed by atoms with E-state index in [1.165, 1.54) is 16.2 Å². The predicted molar refractivity (Wildman–Crippen MR) is 118 cm³/mol. The van der Waals surface area contributed by atoms with Gasteiger partial charge in [0.15, 0.2) is 17.3 Å². The van der Waals surface area contributed by atoms with Crippen molar-refractivity contribution in [3.63, 3.8) is 0 Å². The molecule has 1 aliphatic rings. The molecule has 0 bridgehead atoms. The molecule has 8 heteroatoms. The SMILES string of the molecule is CCOc1ccc(C2C(C(=O)c3cccs3)=C(O)C(=O)N2CCCOC)cc1OCC. The topological polar surface area (TPSA) is 85.3 Å². The number of ether oxygens (including phenoxy) is 3. The molecule has 0 saturated carbocycles. The molecule has 1 unspecified atom stereocenters. The van der Waals surface area contributed by atoms with Crippen LogP contribution in [-0.4, -0.2) is 55.2 Å². The van der Waals surface area contributed by atoms with Crippen LogP contribution in [0, 0.1) is 0 Å². The van der Waals surface area contributed by atoms with Crippen molar-refractivity contribution in [2.24, 2.45) is 0 Å². The van der Waals surface area contributed by atoms with Crippen molar-refractivity contribution in [3.8, 4) is 11.5 Å². The Labute approximate surface area is 185 Å². The lowest BCUT2D eigenvalue weighted by Crippen LogP contribution is -2.32. The highest BCUT2D eigenvalue weighted by Gasteiger charge is 2.44. The molecule has 0 spiro atoms. The van der Waals surface area contributed by atoms with E-state index in [4.69, 9.17) is 14.2 Å². The first-order chi connectivity index (χ1) is 15.0. The number of thiophene rings is 1. The Morgan fingerprint density at radius 3 is 2.55 bits per heavy atom. The molecule has 0 saturated heterocycles. The largest absolute Gasteiger partial charge is 0.503 e. The molecule has 1 aliphatic heterocycles. The van der Waals surface area contributed by atoms with E-state index in [9.17, 15) is 14.7 Å². The minimum atomic E-state index is -0.728. The number of Topliss-reactive ketones (excluding diaryl/α,β-unsaturated/α-hetero) is 1. The van der Waals surface area contributed by atoms with Gasteiger partial charge in [-0.05, 0) is 49.4 Å². The van der Waals surface area contributed by atoms with Crippen molar-refractivity contribution >= 4 is 23.0 Å². The van der Waals surface area contributed by atoms with Crippen molar-refractivity contribution in [1.82, 2.24) is 4.90 Å². The van der Waals surface area contributed by atoms with Crippen LogP contribution in [0.15, 0.2) is 47.0 Å². The smallest absolute Gasteiger partial charge is 0.290 e. The van der Waals surface area contributed by atoms with Crippen LogP contribution >= 0.6 is 11.3 Å². The number of ketones is 1. The number of rotatable bonds is 11. The van der Waals surface area contributed by atoms with Crippen molar-refractivity contribution in [3.05, 3.63) is 57.5 Å². The van der Waals surface area contributed by atoms with E-state index < -0.39 is 17.7 Å². The number of hydrogen-bond donors (Lipinski definition) is 1. The molecule has 0 aliphatic carbocycles. The first-order valence-electron chi connectivity index (χ1n) is 10.2. The number of carbonyl (C=O) groups is 2. The molecule has 1 aromatic heterocycles. The number of nitrogens with zero attached hydrogens (tertiary/aromatic N) is 1. The Morgan fingerprint density at radius 2 is 1.90 bits per heavy atom. The van der Waals surface area contributed by atoms with Gasteiger partial charge in [0, 0.05) is 20.3 Å². The maximum atomic E-state index is 13.2. The summed E-state index contributed by atoms with van der Waals surface area (Å²) in [5.74, 6) is -0.310. The van der Waals surface area contributed by atoms with E-state index in [2.05, 4.69) is 0 Å². The van der Waals surface area contributed by atoms with Gasteiger partial charge in [-0.2, -0.15) is 0 Å². The average Bonchev–Trinajstić information content (AvgIpc) is 3.38. The van der Waals surface area contributed by atoms with Gasteiger partial charge in [0.2, 0.25) is 5.78 Å². The summed E-state index contributed by atoms with van der Waals surface area (Å²) in [4.78, 5) is 28.1. The molecule has 0 fully saturated rings. The quantitative estimate of drug-likeness (QED) is 0.413. The second-order valence-corrected chi connectivity index (χ2v) is 7.84. The van der Waals surface area contributed by atoms with Gasteiger partial charge in [0.05, 0.1) is 29.7 Å². The third-order valence-corrected chi connectivity index (χ3v) is 5.79. The van der Waals surface area contributed by atoms with Crippen molar-refractivity contribution < 1.29 is 28.9 Å². The van der Waals surface area contributed by atoms with E-state index >= 15 is 0 Å². The Hall–Kier alpha value is -2.84. The predicted octanol–water partition coefficient (Wildman–Crippen LogP) is 4.16. The lowest BCUT2D eigenvalue weighted by molar-refractivity contribution is -0.129. The average molecular weight is 446 g/mol. The fourth-order valence-electron chi connectivity index (χ4n) is 3.62. The molecule has 166 valence electrons. The molecule has 2 heterocycles. The molecular formula is C23H27NO6S. The number of aliphatic hydroxyl groups excluding tert-OH is 1. The highest BCUT2D eigenvalue weighted by molar-refractivity contribution is 7.12. The molecule has 31 heavy (non-hydrogen) atoms. The molecule has 1 amide bonds. The summed E-state index contributed by atoms with van der Waals surface area (Å²) in [5, 5.41) is 12.5. The summed E-state index contributed by atoms with van der Waals surface area (Å²) < 4.78 is 16.5. The van der Waals surface area contributed by atoms with Crippen LogP contribution in [0.25, 0.3) is 0 Å². The van der Waals surface area contributed by atoms with E-state index in [0.29, 0.717) is 54.7 Å². The van der Waals surface area contributed by atoms with Gasteiger partial charge in [-0.1, -0.05) is 12.1 Å². The first kappa shape index (κ1) is 22.8. The standard InChI is InChI=1S/C23H27NO6S/c1-4-29-16-10-9-15(14-17(16)30-5-2)20-19(21(25)18-8-6-13-31-18)22(26)23(27)24(20)11-7-12-28-3/h6,8-10,13-14,20,26H,4-5,7,11-12H2,1-3H3. The normalized spacial score (nSPS) is 16.2. The number of benzene rings is 1. The lowest BCUT2D eigenvalue weighted by Gasteiger charge is -2.27. The number of amides is 1. The number of aliphatic hydroxyl groups is 1. The maximum Gasteiger partial charge on any atom is 0.290 e. The number of carbonyl (C=O) groups excluding carboxylic acids is 2. The zero-order valence-corrected chi connectivity index (χ0v) is 18.7. The van der Waals surface area contributed by atoms with Gasteiger partial charge in [0.25, 0.3) is 5.91 Å². The fraction of sp³-hybridized carbons (Fsp3) is 0.391. The van der Waals surface area contributed by atoms with Gasteiger partial charge in [-0.25, -0.2) is 0 Å². The van der Waals surface area contributed by atoms with Gasteiger partial charge in [-0.15, -0.1) is 11.3 Å². The lowest BCUT2D eigenvalue weighted by atomic mass is 9.95. The van der Waals surface area contributed by atoms with Gasteiger partial charge < -0.3 is 24.2 Å². The van der Waals surface area contributed by atoms with Crippen LogP contribution in [0.5, 0.6) is 11.5 Å². The molecular weight excluding hydrogens is 418 g/mol. The van der Waals surface area contributed by atoms with Crippen molar-refractivity contribution in [1.29, 1.82) is 0 Å². The monoisotopic (exact) mass is 445 g/mol. The van der Waals surface area contributed by atoms with E-state index in [1.807, 2.05) is 13.8 Å². The highest BCUT2D eigenvalue weighted by atomic mass is 32.1. The molecule has 1 N–H and O–H groups in total. The summed E-state index contributed by atoms with van der Waals surface area (Å²) in [6.45, 7) is 5.46. The van der Waals surface area contributed by atoms with Crippen LogP contribution in [0.3, 0.4) is 0 Å². The van der Waals surface area contributed by atoms with E-state index in [1.54, 1.807) is 42.8 Å². The van der Waals surface area contributed by atoms with E-state index in [0.717, 1.165) is 0 Å². The minimum Gasteiger partial charge on any atom is -0.503 e. The third kappa shape index (κ3) is 4.75. The van der Waals surface area contributed by atoms with Crippen LogP contribution in [-0.2, 0) is 9.53 Å². The van der Waals surface area contributed by atoms with E-state index in [-0.39, 0.29) is 11.4 Å². The van der Waals surface area contributed by atoms with Crippen LogP contribution < -0.4 is 9.47 Å². The second kappa shape index (κ2) is 10.5. The van der Waals surface area contributed by atoms with Crippen LogP contribution in [0.2, 0.25) is 0 Å². The van der Waals surface area contributed by atoms with Crippen molar-refractivity contribution in [2.45, 2.75) is 26.3 Å². The Kier molecular flexibility index (Phi) is 7.70. The maximum absolute atomic E-state index is 13.2. The fourth-order valence-corrected chi connectivity index (χ4v) is 4.30. The summed E-state index contributed by atoms with van der Waals surface area (Å²) in [5.41, 5.74) is 0.748. The van der Waals surface area contributed by atoms with Gasteiger partial charge >= 0.3 is 0 Å². The van der Waals surface area contributed by atoms with Crippen LogP contribution in [0.1, 0.15) is 41.5 Å². The molecule has 0 radical (unpaired) electrons. The summed E-state index contributed by atoms with van der Waals surface area (Å²) in [6, 6.07) is 8.07. The first-order valence-corrected chi connectivity index (χ1v) is 11.1. The minimum absolute atomic E-state index is 0.0801. The Morgan fingerprint density at radius 1 is 1.16 bits per heavy atom. The number of methoxy groups -OCH3 is 1. The highest BCUT2D eigenvalue weighted by Crippen LogP contribution is 2.42. The molecule has 1 aromatic carbocycles. The Balaban J connectivity index is 2.07. The van der Waals surface area contributed by atoms with Crippen molar-refractivity contribution in [2.75, 3.05) is 33.5 Å².